The molecule has 2 atom stereocenters. The van der Waals surface area contributed by atoms with Crippen molar-refractivity contribution < 1.29 is 19.4 Å². The van der Waals surface area contributed by atoms with Crippen molar-refractivity contribution in [2.75, 3.05) is 13.2 Å². The number of hydrogen-bond donors (Lipinski definition) is 2. The third-order valence-electron chi connectivity index (χ3n) is 3.89. The van der Waals surface area contributed by atoms with Gasteiger partial charge in [0.2, 0.25) is 0 Å². The van der Waals surface area contributed by atoms with Crippen LogP contribution in [-0.2, 0) is 14.3 Å². The monoisotopic (exact) mass is 257 g/mol. The summed E-state index contributed by atoms with van der Waals surface area (Å²) in [4.78, 5) is 10.8. The zero-order valence-corrected chi connectivity index (χ0v) is 11.1. The fourth-order valence-corrected chi connectivity index (χ4v) is 2.73. The number of hydrogen-bond acceptors (Lipinski definition) is 4. The highest BCUT2D eigenvalue weighted by molar-refractivity contribution is 5.73. The Balaban J connectivity index is 1.87. The van der Waals surface area contributed by atoms with Gasteiger partial charge in [0.15, 0.2) is 5.79 Å². The van der Waals surface area contributed by atoms with E-state index in [1.54, 1.807) is 0 Å². The molecule has 0 aromatic heterocycles. The van der Waals surface area contributed by atoms with Gasteiger partial charge in [-0.05, 0) is 18.8 Å². The third-order valence-corrected chi connectivity index (χ3v) is 3.89. The molecule has 1 aliphatic carbocycles. The normalized spacial score (nSPS) is 31.4. The maximum Gasteiger partial charge on any atom is 0.320 e. The van der Waals surface area contributed by atoms with Gasteiger partial charge in [-0.15, -0.1) is 0 Å². The molecule has 2 unspecified atom stereocenters. The van der Waals surface area contributed by atoms with Gasteiger partial charge < -0.3 is 20.3 Å². The van der Waals surface area contributed by atoms with Gasteiger partial charge in [0.25, 0.3) is 0 Å². The van der Waals surface area contributed by atoms with Crippen LogP contribution in [0, 0.1) is 11.3 Å². The van der Waals surface area contributed by atoms with Gasteiger partial charge in [0.1, 0.15) is 6.04 Å². The largest absolute Gasteiger partial charge is 0.480 e. The summed E-state index contributed by atoms with van der Waals surface area (Å²) in [6.07, 6.45) is 3.05. The van der Waals surface area contributed by atoms with Crippen LogP contribution in [0.2, 0.25) is 0 Å². The van der Waals surface area contributed by atoms with E-state index in [1.165, 1.54) is 0 Å². The predicted octanol–water partition coefficient (Wildman–Crippen LogP) is 1.36. The molecular weight excluding hydrogens is 234 g/mol. The molecule has 0 radical (unpaired) electrons. The van der Waals surface area contributed by atoms with E-state index in [0.717, 1.165) is 19.3 Å². The Hall–Kier alpha value is -0.650. The summed E-state index contributed by atoms with van der Waals surface area (Å²) in [5, 5.41) is 8.83. The molecule has 0 aromatic rings. The van der Waals surface area contributed by atoms with Crippen LogP contribution in [0.1, 0.15) is 39.5 Å². The summed E-state index contributed by atoms with van der Waals surface area (Å²) in [5.41, 5.74) is 5.65. The molecule has 1 spiro atoms. The highest BCUT2D eigenvalue weighted by Crippen LogP contribution is 2.44. The van der Waals surface area contributed by atoms with E-state index < -0.39 is 17.8 Å². The van der Waals surface area contributed by atoms with E-state index in [4.69, 9.17) is 20.3 Å². The van der Waals surface area contributed by atoms with Crippen LogP contribution < -0.4 is 5.73 Å². The summed E-state index contributed by atoms with van der Waals surface area (Å²) in [6.45, 7) is 5.63. The molecule has 5 heteroatoms. The second-order valence-corrected chi connectivity index (χ2v) is 6.44. The van der Waals surface area contributed by atoms with E-state index >= 15 is 0 Å². The lowest BCUT2D eigenvalue weighted by Gasteiger charge is -2.41. The van der Waals surface area contributed by atoms with Crippen molar-refractivity contribution in [3.05, 3.63) is 0 Å². The van der Waals surface area contributed by atoms with E-state index in [2.05, 4.69) is 13.8 Å². The molecule has 2 aliphatic rings. The van der Waals surface area contributed by atoms with Crippen LogP contribution in [0.5, 0.6) is 0 Å². The molecule has 0 amide bonds. The molecule has 2 fully saturated rings. The number of nitrogens with two attached hydrogens (primary N) is 1. The zero-order chi connectivity index (χ0) is 13.4. The average Bonchev–Trinajstić information content (AvgIpc) is 2.67. The standard InChI is InChI=1S/C13H23NO4/c1-12(2)7-17-13(18-8-12)4-3-9(6-13)5-10(14)11(15)16/h9-10H,3-8,14H2,1-2H3,(H,15,16). The van der Waals surface area contributed by atoms with Crippen LogP contribution in [0.3, 0.4) is 0 Å². The minimum absolute atomic E-state index is 0.0702. The Morgan fingerprint density at radius 1 is 1.44 bits per heavy atom. The zero-order valence-electron chi connectivity index (χ0n) is 11.1. The van der Waals surface area contributed by atoms with Crippen molar-refractivity contribution in [3.8, 4) is 0 Å². The topological polar surface area (TPSA) is 81.8 Å². The average molecular weight is 257 g/mol. The predicted molar refractivity (Wildman–Crippen MR) is 66.0 cm³/mol. The molecule has 1 heterocycles. The SMILES string of the molecule is CC1(C)COC2(CCC(CC(N)C(=O)O)C2)OC1. The molecule has 2 rings (SSSR count). The molecule has 18 heavy (non-hydrogen) atoms. The van der Waals surface area contributed by atoms with Crippen LogP contribution in [0.25, 0.3) is 0 Å². The fraction of sp³-hybridized carbons (Fsp3) is 0.923. The molecule has 0 aromatic carbocycles. The maximum absolute atomic E-state index is 10.8. The molecular formula is C13H23NO4. The molecule has 1 saturated carbocycles. The lowest BCUT2D eigenvalue weighted by Crippen LogP contribution is -2.46. The summed E-state index contributed by atoms with van der Waals surface area (Å²) >= 11 is 0. The van der Waals surface area contributed by atoms with E-state index in [-0.39, 0.29) is 11.3 Å². The first-order valence-electron chi connectivity index (χ1n) is 6.58. The Bertz CT molecular complexity index is 319. The van der Waals surface area contributed by atoms with Crippen LogP contribution in [0.15, 0.2) is 0 Å². The minimum Gasteiger partial charge on any atom is -0.480 e. The molecule has 1 aliphatic heterocycles. The van der Waals surface area contributed by atoms with Crippen LogP contribution in [0.4, 0.5) is 0 Å². The van der Waals surface area contributed by atoms with Crippen LogP contribution >= 0.6 is 0 Å². The summed E-state index contributed by atoms with van der Waals surface area (Å²) in [6, 6.07) is -0.773. The Morgan fingerprint density at radius 3 is 2.61 bits per heavy atom. The number of aliphatic carboxylic acids is 1. The van der Waals surface area contributed by atoms with Crippen molar-refractivity contribution in [3.63, 3.8) is 0 Å². The second-order valence-electron chi connectivity index (χ2n) is 6.44. The van der Waals surface area contributed by atoms with Gasteiger partial charge in [0, 0.05) is 18.3 Å². The maximum atomic E-state index is 10.8. The molecule has 5 nitrogen and oxygen atoms in total. The lowest BCUT2D eigenvalue weighted by atomic mass is 9.94. The highest BCUT2D eigenvalue weighted by atomic mass is 16.7. The number of ether oxygens (including phenoxy) is 2. The Labute approximate surface area is 108 Å². The first kappa shape index (κ1) is 13.8. The number of rotatable bonds is 3. The van der Waals surface area contributed by atoms with Gasteiger partial charge in [-0.1, -0.05) is 13.8 Å². The second kappa shape index (κ2) is 4.79. The Kier molecular flexibility index (Phi) is 3.67. The van der Waals surface area contributed by atoms with Crippen molar-refractivity contribution >= 4 is 5.97 Å². The fourth-order valence-electron chi connectivity index (χ4n) is 2.73. The number of carbonyl (C=O) groups is 1. The van der Waals surface area contributed by atoms with Gasteiger partial charge in [-0.2, -0.15) is 0 Å². The van der Waals surface area contributed by atoms with Crippen molar-refractivity contribution in [1.29, 1.82) is 0 Å². The van der Waals surface area contributed by atoms with E-state index in [9.17, 15) is 4.79 Å². The van der Waals surface area contributed by atoms with Gasteiger partial charge >= 0.3 is 5.97 Å². The van der Waals surface area contributed by atoms with Crippen molar-refractivity contribution in [2.45, 2.75) is 51.4 Å². The first-order valence-corrected chi connectivity index (χ1v) is 6.58. The van der Waals surface area contributed by atoms with Crippen LogP contribution in [-0.4, -0.2) is 36.1 Å². The first-order chi connectivity index (χ1) is 8.32. The molecule has 104 valence electrons. The van der Waals surface area contributed by atoms with E-state index in [1.807, 2.05) is 0 Å². The van der Waals surface area contributed by atoms with Gasteiger partial charge in [0.05, 0.1) is 13.2 Å². The summed E-state index contributed by atoms with van der Waals surface area (Å²) in [7, 11) is 0. The quantitative estimate of drug-likeness (QED) is 0.797. The number of carboxylic acids is 1. The third kappa shape index (κ3) is 3.02. The lowest BCUT2D eigenvalue weighted by molar-refractivity contribution is -0.296. The van der Waals surface area contributed by atoms with Crippen molar-refractivity contribution in [1.82, 2.24) is 0 Å². The minimum atomic E-state index is -0.928. The molecule has 0 bridgehead atoms. The molecule has 3 N–H and O–H groups in total. The summed E-state index contributed by atoms with van der Waals surface area (Å²) in [5.74, 6) is -1.11. The Morgan fingerprint density at radius 2 is 2.06 bits per heavy atom. The highest BCUT2D eigenvalue weighted by Gasteiger charge is 2.46. The number of carboxylic acid groups (broad SMARTS) is 1. The van der Waals surface area contributed by atoms with E-state index in [0.29, 0.717) is 19.6 Å². The molecule has 1 saturated heterocycles. The van der Waals surface area contributed by atoms with Gasteiger partial charge in [-0.3, -0.25) is 4.79 Å². The smallest absolute Gasteiger partial charge is 0.320 e. The summed E-state index contributed by atoms with van der Waals surface area (Å²) < 4.78 is 11.8. The van der Waals surface area contributed by atoms with Gasteiger partial charge in [-0.25, -0.2) is 0 Å². The van der Waals surface area contributed by atoms with Crippen molar-refractivity contribution in [2.24, 2.45) is 17.1 Å².